The molecule has 306 valence electrons. The summed E-state index contributed by atoms with van der Waals surface area (Å²) < 4.78 is 4.44. The molecule has 0 saturated carbocycles. The summed E-state index contributed by atoms with van der Waals surface area (Å²) in [7, 11) is 0. The standard InChI is InChI=1S/C59H35N7/c60-36-38-24-28-47(55(32-38)65-51-22-12-10-20-45(51)49-34-43(26-30-53(49)65)40-14-4-1-5-15-40)58-62-57(42-18-8-3-9-19-42)63-59(64-58)48-29-25-39(37-61)33-56(48)66-52-23-13-11-21-46(52)50-35-44(27-31-54(50)66)41-16-6-2-7-17-41/h1-35H. The molecule has 9 aromatic carbocycles. The van der Waals surface area contributed by atoms with Crippen molar-refractivity contribution < 1.29 is 0 Å². The first kappa shape index (κ1) is 38.3. The van der Waals surface area contributed by atoms with E-state index in [-0.39, 0.29) is 0 Å². The van der Waals surface area contributed by atoms with Crippen molar-refractivity contribution in [1.29, 1.82) is 10.5 Å². The molecule has 66 heavy (non-hydrogen) atoms. The Balaban J connectivity index is 1.11. The second-order valence-electron chi connectivity index (χ2n) is 16.3. The Bertz CT molecular complexity index is 3710. The molecule has 0 bridgehead atoms. The van der Waals surface area contributed by atoms with E-state index in [1.807, 2.05) is 91.0 Å². The van der Waals surface area contributed by atoms with Crippen LogP contribution in [-0.4, -0.2) is 24.1 Å². The summed E-state index contributed by atoms with van der Waals surface area (Å²) >= 11 is 0. The molecule has 0 radical (unpaired) electrons. The first-order valence-corrected chi connectivity index (χ1v) is 21.7. The minimum absolute atomic E-state index is 0.440. The van der Waals surface area contributed by atoms with Crippen LogP contribution in [0.4, 0.5) is 0 Å². The van der Waals surface area contributed by atoms with Crippen LogP contribution < -0.4 is 0 Å². The predicted molar refractivity (Wildman–Crippen MR) is 265 cm³/mol. The molecule has 0 N–H and O–H groups in total. The van der Waals surface area contributed by atoms with Gasteiger partial charge in [-0.05, 0) is 95.1 Å². The first-order valence-electron chi connectivity index (χ1n) is 21.7. The molecule has 3 aromatic heterocycles. The van der Waals surface area contributed by atoms with E-state index in [1.54, 1.807) is 0 Å². The van der Waals surface area contributed by atoms with Crippen LogP contribution in [-0.2, 0) is 0 Å². The summed E-state index contributed by atoms with van der Waals surface area (Å²) in [6.45, 7) is 0. The maximum atomic E-state index is 10.4. The highest BCUT2D eigenvalue weighted by Crippen LogP contribution is 2.41. The Hall–Kier alpha value is -9.43. The SMILES string of the molecule is N#Cc1ccc(-c2nc(-c3ccccc3)nc(-c3ccc(C#N)cc3-n3c4ccccc4c4cc(-c5ccccc5)ccc43)n2)c(-n2c3ccccc3c3cc(-c4ccccc4)ccc32)c1. The van der Waals surface area contributed by atoms with Crippen molar-refractivity contribution in [3.63, 3.8) is 0 Å². The van der Waals surface area contributed by atoms with Gasteiger partial charge >= 0.3 is 0 Å². The van der Waals surface area contributed by atoms with Gasteiger partial charge in [0.15, 0.2) is 17.5 Å². The zero-order chi connectivity index (χ0) is 44.1. The largest absolute Gasteiger partial charge is 0.308 e. The Labute approximate surface area is 380 Å². The van der Waals surface area contributed by atoms with Gasteiger partial charge in [0.25, 0.3) is 0 Å². The third-order valence-electron chi connectivity index (χ3n) is 12.4. The van der Waals surface area contributed by atoms with Crippen LogP contribution >= 0.6 is 0 Å². The highest BCUT2D eigenvalue weighted by atomic mass is 15.1. The summed E-state index contributed by atoms with van der Waals surface area (Å²) in [4.78, 5) is 15.8. The van der Waals surface area contributed by atoms with Gasteiger partial charge in [0.1, 0.15) is 0 Å². The number of hydrogen-bond acceptors (Lipinski definition) is 5. The van der Waals surface area contributed by atoms with Gasteiger partial charge in [-0.1, -0.05) is 140 Å². The fourth-order valence-electron chi connectivity index (χ4n) is 9.37. The molecule has 0 fully saturated rings. The second kappa shape index (κ2) is 15.7. The minimum atomic E-state index is 0.440. The summed E-state index contributed by atoms with van der Waals surface area (Å²) in [5, 5.41) is 25.1. The van der Waals surface area contributed by atoms with Gasteiger partial charge in [0, 0.05) is 38.2 Å². The van der Waals surface area contributed by atoms with Gasteiger partial charge in [-0.15, -0.1) is 0 Å². The van der Waals surface area contributed by atoms with Crippen LogP contribution in [0.1, 0.15) is 11.1 Å². The molecule has 0 aliphatic heterocycles. The minimum Gasteiger partial charge on any atom is -0.308 e. The van der Waals surface area contributed by atoms with E-state index in [0.29, 0.717) is 28.6 Å². The second-order valence-corrected chi connectivity index (χ2v) is 16.3. The normalized spacial score (nSPS) is 11.3. The lowest BCUT2D eigenvalue weighted by Gasteiger charge is -2.17. The molecule has 0 saturated heterocycles. The predicted octanol–water partition coefficient (Wildman–Crippen LogP) is 14.1. The van der Waals surface area contributed by atoms with E-state index in [9.17, 15) is 10.5 Å². The highest BCUT2D eigenvalue weighted by molar-refractivity contribution is 6.12. The van der Waals surface area contributed by atoms with Crippen molar-refractivity contribution in [2.75, 3.05) is 0 Å². The van der Waals surface area contributed by atoms with Gasteiger partial charge in [0.2, 0.25) is 0 Å². The van der Waals surface area contributed by atoms with Crippen molar-refractivity contribution in [1.82, 2.24) is 24.1 Å². The Morgan fingerprint density at radius 3 is 1.12 bits per heavy atom. The van der Waals surface area contributed by atoms with Gasteiger partial charge in [-0.25, -0.2) is 15.0 Å². The molecular weight excluding hydrogens is 807 g/mol. The zero-order valence-corrected chi connectivity index (χ0v) is 35.3. The fraction of sp³-hybridized carbons (Fsp3) is 0. The smallest absolute Gasteiger partial charge is 0.166 e. The fourth-order valence-corrected chi connectivity index (χ4v) is 9.37. The van der Waals surface area contributed by atoms with Gasteiger partial charge in [-0.2, -0.15) is 10.5 Å². The maximum Gasteiger partial charge on any atom is 0.166 e. The van der Waals surface area contributed by atoms with Crippen molar-refractivity contribution in [3.05, 3.63) is 223 Å². The molecule has 7 heteroatoms. The molecule has 12 rings (SSSR count). The molecule has 12 aromatic rings. The lowest BCUT2D eigenvalue weighted by atomic mass is 10.0. The lowest BCUT2D eigenvalue weighted by molar-refractivity contribution is 1.06. The van der Waals surface area contributed by atoms with E-state index < -0.39 is 0 Å². The van der Waals surface area contributed by atoms with Crippen LogP contribution in [0.3, 0.4) is 0 Å². The molecule has 0 amide bonds. The van der Waals surface area contributed by atoms with Crippen molar-refractivity contribution in [3.8, 4) is 79.9 Å². The van der Waals surface area contributed by atoms with Crippen LogP contribution in [0.2, 0.25) is 0 Å². The van der Waals surface area contributed by atoms with E-state index in [2.05, 4.69) is 143 Å². The number of aromatic nitrogens is 5. The monoisotopic (exact) mass is 841 g/mol. The molecule has 0 aliphatic carbocycles. The quantitative estimate of drug-likeness (QED) is 0.159. The van der Waals surface area contributed by atoms with Crippen LogP contribution in [0.25, 0.3) is 111 Å². The van der Waals surface area contributed by atoms with Crippen LogP contribution in [0.15, 0.2) is 212 Å². The number of para-hydroxylation sites is 2. The number of fused-ring (bicyclic) bond motifs is 6. The molecule has 0 atom stereocenters. The Morgan fingerprint density at radius 2 is 0.682 bits per heavy atom. The number of hydrogen-bond donors (Lipinski definition) is 0. The van der Waals surface area contributed by atoms with E-state index in [1.165, 1.54) is 0 Å². The third kappa shape index (κ3) is 6.39. The Kier molecular flexibility index (Phi) is 9.12. The van der Waals surface area contributed by atoms with Crippen molar-refractivity contribution in [2.45, 2.75) is 0 Å². The van der Waals surface area contributed by atoms with E-state index in [0.717, 1.165) is 93.9 Å². The molecule has 0 unspecified atom stereocenters. The number of nitrogens with zero attached hydrogens (tertiary/aromatic N) is 7. The summed E-state index contributed by atoms with van der Waals surface area (Å²) in [5.74, 6) is 1.37. The van der Waals surface area contributed by atoms with Gasteiger partial charge in [0.05, 0.1) is 56.7 Å². The Morgan fingerprint density at radius 1 is 0.303 bits per heavy atom. The number of nitriles is 2. The van der Waals surface area contributed by atoms with Crippen LogP contribution in [0, 0.1) is 22.7 Å². The van der Waals surface area contributed by atoms with Gasteiger partial charge in [-0.3, -0.25) is 0 Å². The topological polar surface area (TPSA) is 96.1 Å². The number of benzene rings is 9. The van der Waals surface area contributed by atoms with Gasteiger partial charge < -0.3 is 9.13 Å². The molecule has 3 heterocycles. The van der Waals surface area contributed by atoms with E-state index >= 15 is 0 Å². The maximum absolute atomic E-state index is 10.4. The average Bonchev–Trinajstić information content (AvgIpc) is 3.91. The summed E-state index contributed by atoms with van der Waals surface area (Å²) in [5.41, 5.74) is 13.3. The first-order chi connectivity index (χ1) is 32.6. The van der Waals surface area contributed by atoms with E-state index in [4.69, 9.17) is 15.0 Å². The van der Waals surface area contributed by atoms with Crippen LogP contribution in [0.5, 0.6) is 0 Å². The highest BCUT2D eigenvalue weighted by Gasteiger charge is 2.23. The molecule has 0 spiro atoms. The third-order valence-corrected chi connectivity index (χ3v) is 12.4. The van der Waals surface area contributed by atoms with Crippen molar-refractivity contribution >= 4 is 43.6 Å². The average molecular weight is 842 g/mol. The lowest BCUT2D eigenvalue weighted by Crippen LogP contribution is -2.06. The molecule has 0 aliphatic rings. The summed E-state index contributed by atoms with van der Waals surface area (Å²) in [6, 6.07) is 76.7. The molecular formula is C59H35N7. The zero-order valence-electron chi connectivity index (χ0n) is 35.3. The molecule has 7 nitrogen and oxygen atoms in total. The number of rotatable bonds is 7. The van der Waals surface area contributed by atoms with Crippen molar-refractivity contribution in [2.24, 2.45) is 0 Å². The summed E-state index contributed by atoms with van der Waals surface area (Å²) in [6.07, 6.45) is 0.